The first-order valence-corrected chi connectivity index (χ1v) is 8.24. The van der Waals surface area contributed by atoms with E-state index in [1.165, 1.54) is 4.90 Å². The van der Waals surface area contributed by atoms with E-state index in [1.807, 2.05) is 32.9 Å². The van der Waals surface area contributed by atoms with E-state index in [2.05, 4.69) is 4.99 Å². The second-order valence-corrected chi connectivity index (χ2v) is 5.92. The van der Waals surface area contributed by atoms with Gasteiger partial charge < -0.3 is 20.1 Å². The topological polar surface area (TPSA) is 94.2 Å². The number of aliphatic imine (C=N–C) groups is 1. The number of hydrogen-bond acceptors (Lipinski definition) is 6. The van der Waals surface area contributed by atoms with Gasteiger partial charge >= 0.3 is 12.1 Å². The van der Waals surface area contributed by atoms with Gasteiger partial charge in [0.15, 0.2) is 0 Å². The summed E-state index contributed by atoms with van der Waals surface area (Å²) in [7, 11) is 3.33. The van der Waals surface area contributed by atoms with Gasteiger partial charge in [-0.15, -0.1) is 0 Å². The molecule has 7 heteroatoms. The summed E-state index contributed by atoms with van der Waals surface area (Å²) in [6.45, 7) is 6.00. The van der Waals surface area contributed by atoms with Crippen molar-refractivity contribution in [2.75, 3.05) is 27.4 Å². The van der Waals surface area contributed by atoms with Crippen LogP contribution in [0.2, 0.25) is 0 Å². The van der Waals surface area contributed by atoms with Gasteiger partial charge in [-0.1, -0.05) is 26.8 Å². The van der Waals surface area contributed by atoms with Gasteiger partial charge in [-0.05, 0) is 24.8 Å². The third-order valence-corrected chi connectivity index (χ3v) is 3.26. The molecule has 1 atom stereocenters. The summed E-state index contributed by atoms with van der Waals surface area (Å²) in [6.07, 6.45) is 5.48. The number of rotatable bonds is 10. The lowest BCUT2D eigenvalue weighted by molar-refractivity contribution is -0.154. The zero-order valence-corrected chi connectivity index (χ0v) is 15.4. The molecule has 1 unspecified atom stereocenters. The van der Waals surface area contributed by atoms with Crippen LogP contribution in [0.5, 0.6) is 0 Å². The fourth-order valence-electron chi connectivity index (χ4n) is 1.86. The summed E-state index contributed by atoms with van der Waals surface area (Å²) in [4.78, 5) is 29.0. The molecule has 0 saturated heterocycles. The molecule has 0 aliphatic rings. The van der Waals surface area contributed by atoms with Gasteiger partial charge in [-0.25, -0.2) is 4.79 Å². The number of nitrogens with two attached hydrogens (primary N) is 1. The minimum atomic E-state index is -0.699. The molecule has 0 fully saturated rings. The van der Waals surface area contributed by atoms with Crippen molar-refractivity contribution < 1.29 is 19.1 Å². The predicted octanol–water partition coefficient (Wildman–Crippen LogP) is 2.36. The van der Waals surface area contributed by atoms with Crippen LogP contribution in [-0.2, 0) is 14.3 Å². The van der Waals surface area contributed by atoms with Crippen LogP contribution >= 0.6 is 0 Å². The molecule has 24 heavy (non-hydrogen) atoms. The lowest BCUT2D eigenvalue weighted by Gasteiger charge is -2.17. The maximum atomic E-state index is 11.8. The number of carbonyl (C=O) groups is 2. The average Bonchev–Trinajstić information content (AvgIpc) is 2.53. The predicted molar refractivity (Wildman–Crippen MR) is 94.9 cm³/mol. The maximum Gasteiger partial charge on any atom is 0.412 e. The highest BCUT2D eigenvalue weighted by Crippen LogP contribution is 2.04. The SMILES string of the molecule is CC/C=C\C(CCN(C)C(=O)OCOC(=O)C(N)CC(C)C)=NC. The van der Waals surface area contributed by atoms with Crippen molar-refractivity contribution in [1.82, 2.24) is 4.90 Å². The van der Waals surface area contributed by atoms with E-state index < -0.39 is 24.9 Å². The smallest absolute Gasteiger partial charge is 0.412 e. The van der Waals surface area contributed by atoms with Crippen molar-refractivity contribution >= 4 is 17.8 Å². The van der Waals surface area contributed by atoms with E-state index in [1.54, 1.807) is 14.1 Å². The van der Waals surface area contributed by atoms with Crippen LogP contribution in [0.1, 0.15) is 40.0 Å². The fourth-order valence-corrected chi connectivity index (χ4v) is 1.86. The molecule has 0 aliphatic carbocycles. The van der Waals surface area contributed by atoms with E-state index >= 15 is 0 Å². The number of hydrogen-bond donors (Lipinski definition) is 1. The van der Waals surface area contributed by atoms with Gasteiger partial charge in [0.1, 0.15) is 6.04 Å². The monoisotopic (exact) mass is 341 g/mol. The number of ether oxygens (including phenoxy) is 2. The van der Waals surface area contributed by atoms with Gasteiger partial charge in [-0.2, -0.15) is 0 Å². The van der Waals surface area contributed by atoms with Crippen LogP contribution < -0.4 is 5.73 Å². The molecule has 1 amide bonds. The first-order chi connectivity index (χ1) is 11.3. The quantitative estimate of drug-likeness (QED) is 0.374. The third kappa shape index (κ3) is 9.99. The van der Waals surface area contributed by atoms with E-state index in [0.717, 1.165) is 12.1 Å². The van der Waals surface area contributed by atoms with Gasteiger partial charge in [0.2, 0.25) is 6.79 Å². The standard InChI is InChI=1S/C17H31N3O4/c1-6-7-8-14(19-4)9-10-20(5)17(22)24-12-23-16(21)15(18)11-13(2)3/h7-8,13,15H,6,9-12,18H2,1-5H3/b8-7-,19-14?. The minimum absolute atomic E-state index is 0.289. The van der Waals surface area contributed by atoms with Gasteiger partial charge in [0, 0.05) is 32.8 Å². The van der Waals surface area contributed by atoms with Crippen LogP contribution in [-0.4, -0.2) is 56.1 Å². The molecular weight excluding hydrogens is 310 g/mol. The molecule has 138 valence electrons. The lowest BCUT2D eigenvalue weighted by atomic mass is 10.1. The molecule has 0 rings (SSSR count). The van der Waals surface area contributed by atoms with Crippen molar-refractivity contribution in [1.29, 1.82) is 0 Å². The second kappa shape index (κ2) is 12.5. The Morgan fingerprint density at radius 2 is 1.96 bits per heavy atom. The van der Waals surface area contributed by atoms with Crippen LogP contribution in [0.3, 0.4) is 0 Å². The summed E-state index contributed by atoms with van der Waals surface area (Å²) in [5, 5.41) is 0. The molecule has 0 aromatic carbocycles. The van der Waals surface area contributed by atoms with Crippen LogP contribution in [0.25, 0.3) is 0 Å². The normalized spacial score (nSPS) is 13.2. The molecule has 0 aliphatic heterocycles. The Balaban J connectivity index is 4.10. The fraction of sp³-hybridized carbons (Fsp3) is 0.706. The maximum absolute atomic E-state index is 11.8. The van der Waals surface area contributed by atoms with Crippen molar-refractivity contribution in [2.24, 2.45) is 16.6 Å². The number of esters is 1. The Morgan fingerprint density at radius 1 is 1.29 bits per heavy atom. The summed E-state index contributed by atoms with van der Waals surface area (Å²) < 4.78 is 9.76. The minimum Gasteiger partial charge on any atom is -0.427 e. The first kappa shape index (κ1) is 22.1. The number of allylic oxidation sites excluding steroid dienone is 2. The molecule has 0 spiro atoms. The highest BCUT2D eigenvalue weighted by Gasteiger charge is 2.17. The summed E-state index contributed by atoms with van der Waals surface area (Å²) in [6, 6.07) is -0.699. The highest BCUT2D eigenvalue weighted by molar-refractivity contribution is 5.95. The number of amides is 1. The largest absolute Gasteiger partial charge is 0.427 e. The second-order valence-electron chi connectivity index (χ2n) is 5.92. The molecule has 0 saturated carbocycles. The van der Waals surface area contributed by atoms with E-state index in [-0.39, 0.29) is 5.92 Å². The Morgan fingerprint density at radius 3 is 2.50 bits per heavy atom. The van der Waals surface area contributed by atoms with E-state index in [9.17, 15) is 9.59 Å². The molecule has 7 nitrogen and oxygen atoms in total. The van der Waals surface area contributed by atoms with Gasteiger partial charge in [0.05, 0.1) is 0 Å². The summed E-state index contributed by atoms with van der Waals surface area (Å²) >= 11 is 0. The molecule has 0 heterocycles. The van der Waals surface area contributed by atoms with Crippen LogP contribution in [0.15, 0.2) is 17.1 Å². The summed E-state index contributed by atoms with van der Waals surface area (Å²) in [5.41, 5.74) is 6.59. The Labute approximate surface area is 144 Å². The van der Waals surface area contributed by atoms with Crippen molar-refractivity contribution in [3.8, 4) is 0 Å². The lowest BCUT2D eigenvalue weighted by Crippen LogP contribution is -2.35. The van der Waals surface area contributed by atoms with Crippen molar-refractivity contribution in [3.63, 3.8) is 0 Å². The Kier molecular flexibility index (Phi) is 11.5. The molecule has 0 aromatic heterocycles. The Bertz CT molecular complexity index is 447. The summed E-state index contributed by atoms with van der Waals surface area (Å²) in [5.74, 6) is -0.276. The number of carbonyl (C=O) groups excluding carboxylic acids is 2. The number of nitrogens with zero attached hydrogens (tertiary/aromatic N) is 2. The Hall–Kier alpha value is -1.89. The average molecular weight is 341 g/mol. The van der Waals surface area contributed by atoms with E-state index in [4.69, 9.17) is 15.2 Å². The zero-order chi connectivity index (χ0) is 18.5. The first-order valence-electron chi connectivity index (χ1n) is 8.24. The third-order valence-electron chi connectivity index (χ3n) is 3.26. The van der Waals surface area contributed by atoms with Crippen molar-refractivity contribution in [3.05, 3.63) is 12.2 Å². The molecule has 0 aromatic rings. The van der Waals surface area contributed by atoms with Crippen LogP contribution in [0, 0.1) is 5.92 Å². The van der Waals surface area contributed by atoms with Gasteiger partial charge in [0.25, 0.3) is 0 Å². The zero-order valence-electron chi connectivity index (χ0n) is 15.4. The molecule has 0 bridgehead atoms. The molecule has 2 N–H and O–H groups in total. The van der Waals surface area contributed by atoms with Crippen LogP contribution in [0.4, 0.5) is 4.79 Å². The van der Waals surface area contributed by atoms with Crippen molar-refractivity contribution in [2.45, 2.75) is 46.1 Å². The highest BCUT2D eigenvalue weighted by atomic mass is 16.7. The van der Waals surface area contributed by atoms with E-state index in [0.29, 0.717) is 19.4 Å². The molecule has 0 radical (unpaired) electrons. The van der Waals surface area contributed by atoms with Gasteiger partial charge in [-0.3, -0.25) is 9.79 Å². The molecular formula is C17H31N3O4.